The summed E-state index contributed by atoms with van der Waals surface area (Å²) in [6, 6.07) is 20.8. The number of anilines is 1. The van der Waals surface area contributed by atoms with Crippen molar-refractivity contribution in [1.29, 1.82) is 0 Å². The molecule has 1 N–H and O–H groups in total. The molecule has 3 aromatic rings. The number of ether oxygens (including phenoxy) is 1. The second-order valence-corrected chi connectivity index (χ2v) is 10.00. The van der Waals surface area contributed by atoms with Crippen LogP contribution in [0.1, 0.15) is 36.5 Å². The molecule has 0 aromatic heterocycles. The number of nitrogens with zero attached hydrogens (tertiary/aromatic N) is 2. The standard InChI is InChI=1S/C26H29N3O4S/c1-19(2)22-9-7-21(8-10-22)17-27-28-26(30)18-29(23-11-13-24(33-4)14-12-23)34(31,32)25-15-5-20(3)6-16-25/h5-17,19H,18H2,1-4H3,(H,28,30)/b27-17+. The molecular formula is C26H29N3O4S. The number of amides is 1. The monoisotopic (exact) mass is 479 g/mol. The number of hydrogen-bond acceptors (Lipinski definition) is 5. The molecule has 0 spiro atoms. The summed E-state index contributed by atoms with van der Waals surface area (Å²) < 4.78 is 33.0. The van der Waals surface area contributed by atoms with Gasteiger partial charge in [0.05, 0.1) is 23.9 Å². The average molecular weight is 480 g/mol. The molecule has 0 atom stereocenters. The summed E-state index contributed by atoms with van der Waals surface area (Å²) in [5.74, 6) is 0.431. The van der Waals surface area contributed by atoms with Gasteiger partial charge in [0.15, 0.2) is 0 Å². The molecule has 1 amide bonds. The van der Waals surface area contributed by atoms with Gasteiger partial charge in [0.25, 0.3) is 15.9 Å². The van der Waals surface area contributed by atoms with E-state index in [1.54, 1.807) is 36.4 Å². The SMILES string of the molecule is COc1ccc(N(CC(=O)N/N=C/c2ccc(C(C)C)cc2)S(=O)(=O)c2ccc(C)cc2)cc1. The predicted molar refractivity (Wildman–Crippen MR) is 135 cm³/mol. The Morgan fingerprint density at radius 1 is 1.00 bits per heavy atom. The molecule has 0 saturated carbocycles. The lowest BCUT2D eigenvalue weighted by Crippen LogP contribution is -2.39. The number of hydrazone groups is 1. The second-order valence-electron chi connectivity index (χ2n) is 8.14. The molecule has 178 valence electrons. The van der Waals surface area contributed by atoms with Crippen LogP contribution in [0.4, 0.5) is 5.69 Å². The van der Waals surface area contributed by atoms with Crippen molar-refractivity contribution < 1.29 is 17.9 Å². The zero-order valence-electron chi connectivity index (χ0n) is 19.7. The van der Waals surface area contributed by atoms with E-state index in [2.05, 4.69) is 24.4 Å². The highest BCUT2D eigenvalue weighted by atomic mass is 32.2. The lowest BCUT2D eigenvalue weighted by atomic mass is 10.0. The molecule has 0 aliphatic heterocycles. The lowest BCUT2D eigenvalue weighted by molar-refractivity contribution is -0.119. The molecule has 3 rings (SSSR count). The normalized spacial score (nSPS) is 11.6. The minimum atomic E-state index is -4.00. The summed E-state index contributed by atoms with van der Waals surface area (Å²) in [4.78, 5) is 12.8. The largest absolute Gasteiger partial charge is 0.497 e. The van der Waals surface area contributed by atoms with Crippen LogP contribution in [0.5, 0.6) is 5.75 Å². The van der Waals surface area contributed by atoms with Crippen LogP contribution in [-0.2, 0) is 14.8 Å². The maximum atomic E-state index is 13.4. The van der Waals surface area contributed by atoms with Gasteiger partial charge in [-0.2, -0.15) is 5.10 Å². The van der Waals surface area contributed by atoms with E-state index < -0.39 is 22.5 Å². The maximum Gasteiger partial charge on any atom is 0.264 e. The van der Waals surface area contributed by atoms with Crippen LogP contribution in [0.3, 0.4) is 0 Å². The first-order chi connectivity index (χ1) is 16.2. The number of benzene rings is 3. The van der Waals surface area contributed by atoms with Crippen LogP contribution >= 0.6 is 0 Å². The van der Waals surface area contributed by atoms with Gasteiger partial charge in [0, 0.05) is 0 Å². The molecule has 0 aliphatic rings. The highest BCUT2D eigenvalue weighted by Gasteiger charge is 2.27. The fourth-order valence-electron chi connectivity index (χ4n) is 3.21. The van der Waals surface area contributed by atoms with Crippen LogP contribution in [0.2, 0.25) is 0 Å². The quantitative estimate of drug-likeness (QED) is 0.362. The molecule has 0 saturated heterocycles. The Labute approximate surface area is 201 Å². The topological polar surface area (TPSA) is 88.1 Å². The van der Waals surface area contributed by atoms with E-state index in [-0.39, 0.29) is 4.90 Å². The Morgan fingerprint density at radius 2 is 1.62 bits per heavy atom. The number of carbonyl (C=O) groups excluding carboxylic acids is 1. The minimum absolute atomic E-state index is 0.0930. The molecule has 34 heavy (non-hydrogen) atoms. The van der Waals surface area contributed by atoms with Gasteiger partial charge in [-0.15, -0.1) is 0 Å². The minimum Gasteiger partial charge on any atom is -0.497 e. The molecular weight excluding hydrogens is 450 g/mol. The summed E-state index contributed by atoms with van der Waals surface area (Å²) >= 11 is 0. The maximum absolute atomic E-state index is 13.4. The van der Waals surface area contributed by atoms with Crippen molar-refractivity contribution in [1.82, 2.24) is 5.43 Å². The molecule has 7 nitrogen and oxygen atoms in total. The fourth-order valence-corrected chi connectivity index (χ4v) is 4.63. The van der Waals surface area contributed by atoms with Crippen LogP contribution in [0.25, 0.3) is 0 Å². The number of sulfonamides is 1. The Morgan fingerprint density at radius 3 is 2.18 bits per heavy atom. The lowest BCUT2D eigenvalue weighted by Gasteiger charge is -2.24. The Kier molecular flexibility index (Phi) is 8.07. The Balaban J connectivity index is 1.80. The molecule has 0 heterocycles. The third-order valence-corrected chi connectivity index (χ3v) is 7.05. The number of nitrogens with one attached hydrogen (secondary N) is 1. The van der Waals surface area contributed by atoms with Gasteiger partial charge in [-0.1, -0.05) is 55.8 Å². The molecule has 0 aliphatic carbocycles. The summed E-state index contributed by atoms with van der Waals surface area (Å²) in [5.41, 5.74) is 5.72. The van der Waals surface area contributed by atoms with E-state index in [0.717, 1.165) is 15.4 Å². The van der Waals surface area contributed by atoms with Crippen molar-refractivity contribution in [2.75, 3.05) is 18.0 Å². The molecule has 8 heteroatoms. The van der Waals surface area contributed by atoms with Crippen LogP contribution in [-0.4, -0.2) is 34.2 Å². The summed E-state index contributed by atoms with van der Waals surface area (Å²) in [5, 5.41) is 3.99. The Bertz CT molecular complexity index is 1230. The molecule has 0 fully saturated rings. The van der Waals surface area contributed by atoms with Gasteiger partial charge in [-0.3, -0.25) is 9.10 Å². The van der Waals surface area contributed by atoms with Crippen molar-refractivity contribution in [3.8, 4) is 5.75 Å². The molecule has 0 radical (unpaired) electrons. The first-order valence-corrected chi connectivity index (χ1v) is 12.3. The van der Waals surface area contributed by atoms with Crippen molar-refractivity contribution in [3.63, 3.8) is 0 Å². The summed E-state index contributed by atoms with van der Waals surface area (Å²) in [6.07, 6.45) is 1.52. The van der Waals surface area contributed by atoms with Crippen molar-refractivity contribution >= 4 is 27.8 Å². The first-order valence-electron chi connectivity index (χ1n) is 10.9. The predicted octanol–water partition coefficient (Wildman–Crippen LogP) is 4.47. The smallest absolute Gasteiger partial charge is 0.264 e. The van der Waals surface area contributed by atoms with Gasteiger partial charge in [-0.25, -0.2) is 13.8 Å². The fraction of sp³-hybridized carbons (Fsp3) is 0.231. The van der Waals surface area contributed by atoms with Crippen LogP contribution in [0, 0.1) is 6.92 Å². The Hall–Kier alpha value is -3.65. The number of hydrogen-bond donors (Lipinski definition) is 1. The van der Waals surface area contributed by atoms with E-state index in [4.69, 9.17) is 4.74 Å². The summed E-state index contributed by atoms with van der Waals surface area (Å²) in [7, 11) is -2.47. The van der Waals surface area contributed by atoms with E-state index in [1.807, 2.05) is 31.2 Å². The molecule has 0 bridgehead atoms. The van der Waals surface area contributed by atoms with Crippen molar-refractivity contribution in [3.05, 3.63) is 89.5 Å². The highest BCUT2D eigenvalue weighted by Crippen LogP contribution is 2.26. The van der Waals surface area contributed by atoms with Gasteiger partial charge < -0.3 is 4.74 Å². The molecule has 0 unspecified atom stereocenters. The van der Waals surface area contributed by atoms with E-state index in [0.29, 0.717) is 17.4 Å². The van der Waals surface area contributed by atoms with Crippen LogP contribution in [0.15, 0.2) is 82.8 Å². The van der Waals surface area contributed by atoms with Gasteiger partial charge in [-0.05, 0) is 60.4 Å². The van der Waals surface area contributed by atoms with Gasteiger partial charge in [0.2, 0.25) is 0 Å². The van der Waals surface area contributed by atoms with Gasteiger partial charge >= 0.3 is 0 Å². The third-order valence-electron chi connectivity index (χ3n) is 5.26. The number of carbonyl (C=O) groups is 1. The third kappa shape index (κ3) is 6.23. The van der Waals surface area contributed by atoms with E-state index in [1.165, 1.54) is 31.0 Å². The van der Waals surface area contributed by atoms with Crippen molar-refractivity contribution in [2.24, 2.45) is 5.10 Å². The van der Waals surface area contributed by atoms with Crippen molar-refractivity contribution in [2.45, 2.75) is 31.6 Å². The highest BCUT2D eigenvalue weighted by molar-refractivity contribution is 7.92. The van der Waals surface area contributed by atoms with Gasteiger partial charge in [0.1, 0.15) is 12.3 Å². The number of aryl methyl sites for hydroxylation is 1. The second kappa shape index (κ2) is 11.0. The number of methoxy groups -OCH3 is 1. The number of rotatable bonds is 9. The zero-order chi connectivity index (χ0) is 24.7. The molecule has 3 aromatic carbocycles. The van der Waals surface area contributed by atoms with E-state index >= 15 is 0 Å². The first kappa shape index (κ1) is 25.0. The average Bonchev–Trinajstić information content (AvgIpc) is 2.83. The zero-order valence-corrected chi connectivity index (χ0v) is 20.5. The summed E-state index contributed by atoms with van der Waals surface area (Å²) in [6.45, 7) is 5.66. The van der Waals surface area contributed by atoms with E-state index in [9.17, 15) is 13.2 Å². The van der Waals surface area contributed by atoms with Crippen LogP contribution < -0.4 is 14.5 Å².